The maximum absolute atomic E-state index is 10.6. The quantitative estimate of drug-likeness (QED) is 0.386. The lowest BCUT2D eigenvalue weighted by Gasteiger charge is -2.50. The summed E-state index contributed by atoms with van der Waals surface area (Å²) < 4.78 is 97.7. The average molecular weight is 673 g/mol. The van der Waals surface area contributed by atoms with Crippen LogP contribution in [-0.2, 0) is 33.0 Å². The Hall–Kier alpha value is -3.39. The third kappa shape index (κ3) is 11.3. The molecule has 0 aliphatic carbocycles. The number of carboxylic acid groups (broad SMARTS) is 3. The van der Waals surface area contributed by atoms with E-state index in [1.807, 2.05) is 11.3 Å². The van der Waals surface area contributed by atoms with Crippen molar-refractivity contribution in [2.75, 3.05) is 26.2 Å². The van der Waals surface area contributed by atoms with E-state index in [0.717, 1.165) is 26.2 Å². The van der Waals surface area contributed by atoms with E-state index in [4.69, 9.17) is 34.7 Å². The third-order valence-electron chi connectivity index (χ3n) is 6.42. The molecule has 20 heteroatoms. The van der Waals surface area contributed by atoms with E-state index >= 15 is 0 Å². The maximum Gasteiger partial charge on any atom is 0.490 e. The molecule has 1 spiro atoms. The summed E-state index contributed by atoms with van der Waals surface area (Å²) in [5.41, 5.74) is 1.48. The van der Waals surface area contributed by atoms with Crippen LogP contribution in [0.1, 0.15) is 36.2 Å². The Kier molecular flexibility index (Phi) is 13.7. The molecule has 44 heavy (non-hydrogen) atoms. The molecule has 0 bridgehead atoms. The number of hydrogen-bond donors (Lipinski definition) is 3. The van der Waals surface area contributed by atoms with Gasteiger partial charge >= 0.3 is 36.4 Å². The number of likely N-dealkylation sites (tertiary alicyclic amines) is 1. The number of thiophene rings is 1. The molecule has 0 aromatic carbocycles. The first-order valence-electron chi connectivity index (χ1n) is 12.5. The highest BCUT2D eigenvalue weighted by atomic mass is 32.1. The number of fused-ring (bicyclic) bond motifs is 2. The number of alkyl halides is 9. The van der Waals surface area contributed by atoms with Crippen LogP contribution in [0, 0.1) is 6.92 Å². The zero-order chi connectivity index (χ0) is 34.1. The number of carboxylic acids is 3. The zero-order valence-corrected chi connectivity index (χ0v) is 23.9. The van der Waals surface area contributed by atoms with Crippen LogP contribution in [0.2, 0.25) is 0 Å². The number of piperidine rings is 1. The lowest BCUT2D eigenvalue weighted by molar-refractivity contribution is -0.193. The number of likely N-dealkylation sites (N-methyl/N-ethyl adjacent to an activating group) is 1. The first-order chi connectivity index (χ1) is 20.1. The number of imidazole rings is 1. The maximum atomic E-state index is 10.6. The summed E-state index contributed by atoms with van der Waals surface area (Å²) in [6, 6.07) is 4.41. The van der Waals surface area contributed by atoms with Crippen molar-refractivity contribution in [3.63, 3.8) is 0 Å². The molecule has 2 aliphatic heterocycles. The molecular weight excluding hydrogens is 643 g/mol. The summed E-state index contributed by atoms with van der Waals surface area (Å²) >= 11 is 1.87. The van der Waals surface area contributed by atoms with Gasteiger partial charge in [-0.05, 0) is 37.8 Å². The van der Waals surface area contributed by atoms with Gasteiger partial charge in [-0.25, -0.2) is 19.4 Å². The zero-order valence-electron chi connectivity index (χ0n) is 23.1. The minimum atomic E-state index is -5.08. The van der Waals surface area contributed by atoms with Gasteiger partial charge in [0.1, 0.15) is 5.82 Å². The number of nitrogens with zero attached hydrogens (tertiary/aromatic N) is 4. The van der Waals surface area contributed by atoms with E-state index in [1.54, 1.807) is 0 Å². The minimum absolute atomic E-state index is 0.160. The summed E-state index contributed by atoms with van der Waals surface area (Å²) in [6.07, 6.45) is -10.8. The summed E-state index contributed by atoms with van der Waals surface area (Å²) in [6.45, 7) is 11.3. The Labute approximate surface area is 248 Å². The van der Waals surface area contributed by atoms with Crippen molar-refractivity contribution in [3.05, 3.63) is 40.1 Å². The molecule has 4 rings (SSSR count). The van der Waals surface area contributed by atoms with Crippen molar-refractivity contribution in [2.45, 2.75) is 63.8 Å². The first-order valence-corrected chi connectivity index (χ1v) is 13.4. The molecule has 4 heterocycles. The van der Waals surface area contributed by atoms with Gasteiger partial charge in [-0.15, -0.1) is 11.3 Å². The van der Waals surface area contributed by atoms with Gasteiger partial charge in [0.2, 0.25) is 0 Å². The largest absolute Gasteiger partial charge is 0.490 e. The van der Waals surface area contributed by atoms with E-state index in [-0.39, 0.29) is 5.54 Å². The average Bonchev–Trinajstić information content (AvgIpc) is 3.55. The van der Waals surface area contributed by atoms with Gasteiger partial charge < -0.3 is 19.9 Å². The van der Waals surface area contributed by atoms with Crippen LogP contribution in [-0.4, -0.2) is 97.3 Å². The molecule has 250 valence electrons. The molecule has 2 aromatic rings. The van der Waals surface area contributed by atoms with Crippen molar-refractivity contribution in [2.24, 2.45) is 0 Å². The predicted octanol–water partition coefficient (Wildman–Crippen LogP) is 4.98. The minimum Gasteiger partial charge on any atom is -0.475 e. The van der Waals surface area contributed by atoms with Gasteiger partial charge in [0.25, 0.3) is 0 Å². The lowest BCUT2D eigenvalue weighted by atomic mass is 9.83. The molecule has 0 radical (unpaired) electrons. The van der Waals surface area contributed by atoms with Gasteiger partial charge in [0, 0.05) is 49.5 Å². The molecule has 10 nitrogen and oxygen atoms in total. The molecule has 3 N–H and O–H groups in total. The van der Waals surface area contributed by atoms with Crippen molar-refractivity contribution in [1.29, 1.82) is 0 Å². The summed E-state index contributed by atoms with van der Waals surface area (Å²) in [5, 5.41) is 23.6. The predicted molar refractivity (Wildman–Crippen MR) is 136 cm³/mol. The molecule has 2 aromatic heterocycles. The van der Waals surface area contributed by atoms with Crippen molar-refractivity contribution >= 4 is 29.2 Å². The number of aliphatic carboxylic acids is 3. The van der Waals surface area contributed by atoms with Crippen LogP contribution in [0.25, 0.3) is 0 Å². The van der Waals surface area contributed by atoms with Gasteiger partial charge in [0.15, 0.2) is 0 Å². The molecule has 1 saturated heterocycles. The van der Waals surface area contributed by atoms with Crippen LogP contribution < -0.4 is 0 Å². The van der Waals surface area contributed by atoms with Gasteiger partial charge in [-0.1, -0.05) is 13.0 Å². The molecule has 0 atom stereocenters. The molecule has 0 amide bonds. The second-order valence-corrected chi connectivity index (χ2v) is 10.3. The van der Waals surface area contributed by atoms with E-state index in [0.29, 0.717) is 0 Å². The Morgan fingerprint density at radius 2 is 1.32 bits per heavy atom. The third-order valence-corrected chi connectivity index (χ3v) is 7.28. The van der Waals surface area contributed by atoms with Crippen LogP contribution in [0.15, 0.2) is 23.7 Å². The smallest absolute Gasteiger partial charge is 0.475 e. The second-order valence-electron chi connectivity index (χ2n) is 9.25. The number of aromatic nitrogens is 2. The fourth-order valence-electron chi connectivity index (χ4n) is 4.40. The standard InChI is InChI=1S/C18H26N4S.3C2HF3O2/c1-3-21-10-11-22-15(2)13-19-17(22)18(21)6-8-20(9-7-18)14-16-5-4-12-23-16;3*3-2(4,5)1(6)7/h4-5,12-13H,3,6-11,14H2,1-2H3;3*(H,6,7). The number of halogens is 9. The topological polar surface area (TPSA) is 136 Å². The van der Waals surface area contributed by atoms with Gasteiger partial charge in [-0.2, -0.15) is 39.5 Å². The Morgan fingerprint density at radius 1 is 0.864 bits per heavy atom. The van der Waals surface area contributed by atoms with Crippen molar-refractivity contribution in [3.8, 4) is 0 Å². The van der Waals surface area contributed by atoms with Crippen LogP contribution >= 0.6 is 11.3 Å². The number of hydrogen-bond acceptors (Lipinski definition) is 7. The van der Waals surface area contributed by atoms with Gasteiger partial charge in [0.05, 0.1) is 5.54 Å². The van der Waals surface area contributed by atoms with E-state index in [2.05, 4.69) is 51.9 Å². The molecule has 0 unspecified atom stereocenters. The van der Waals surface area contributed by atoms with Crippen LogP contribution in [0.4, 0.5) is 39.5 Å². The summed E-state index contributed by atoms with van der Waals surface area (Å²) in [5.74, 6) is -6.95. The fraction of sp³-hybridized carbons (Fsp3) is 0.583. The highest BCUT2D eigenvalue weighted by molar-refractivity contribution is 7.09. The van der Waals surface area contributed by atoms with E-state index in [1.165, 1.54) is 42.3 Å². The Balaban J connectivity index is 0.000000379. The van der Waals surface area contributed by atoms with Crippen LogP contribution in [0.5, 0.6) is 0 Å². The molecular formula is C24H29F9N4O6S. The fourth-order valence-corrected chi connectivity index (χ4v) is 5.14. The summed E-state index contributed by atoms with van der Waals surface area (Å²) in [4.78, 5) is 38.3. The molecule has 0 saturated carbocycles. The Morgan fingerprint density at radius 3 is 1.68 bits per heavy atom. The number of rotatable bonds is 3. The van der Waals surface area contributed by atoms with Gasteiger partial charge in [-0.3, -0.25) is 9.80 Å². The van der Waals surface area contributed by atoms with Crippen molar-refractivity contribution < 1.29 is 69.2 Å². The SMILES string of the molecule is CCN1CCn2c(C)cnc2C12CCN(Cc1cccs1)CC2.O=C(O)C(F)(F)F.O=C(O)C(F)(F)F.O=C(O)C(F)(F)F. The number of carbonyl (C=O) groups is 3. The highest BCUT2D eigenvalue weighted by Gasteiger charge is 2.46. The monoisotopic (exact) mass is 672 g/mol. The van der Waals surface area contributed by atoms with E-state index < -0.39 is 36.4 Å². The second kappa shape index (κ2) is 15.6. The number of aryl methyl sites for hydroxylation is 1. The van der Waals surface area contributed by atoms with E-state index in [9.17, 15) is 39.5 Å². The van der Waals surface area contributed by atoms with Crippen LogP contribution in [0.3, 0.4) is 0 Å². The normalized spacial score (nSPS) is 16.7. The summed E-state index contributed by atoms with van der Waals surface area (Å²) in [7, 11) is 0. The molecule has 2 aliphatic rings. The highest BCUT2D eigenvalue weighted by Crippen LogP contribution is 2.41. The first kappa shape index (κ1) is 38.6. The van der Waals surface area contributed by atoms with Crippen molar-refractivity contribution in [1.82, 2.24) is 19.4 Å². The lowest BCUT2D eigenvalue weighted by Crippen LogP contribution is -2.57. The molecule has 1 fully saturated rings. The Bertz CT molecular complexity index is 1170.